The number of fused-ring (bicyclic) bond motifs is 2. The number of likely N-dealkylation sites (tertiary alicyclic amines) is 2. The lowest BCUT2D eigenvalue weighted by Crippen LogP contribution is -2.54. The number of allylic oxidation sites excluding steroid dienone is 1. The molecular weight excluding hydrogens is 763 g/mol. The summed E-state index contributed by atoms with van der Waals surface area (Å²) < 4.78 is 16.3. The van der Waals surface area contributed by atoms with E-state index in [-0.39, 0.29) is 41.1 Å². The number of alkyl carbamates (subject to hydrolysis) is 2. The van der Waals surface area contributed by atoms with E-state index in [9.17, 15) is 19.2 Å². The molecule has 2 aromatic carbocycles. The Bertz CT molecular complexity index is 2190. The number of imidazole rings is 1. The van der Waals surface area contributed by atoms with E-state index in [1.165, 1.54) is 14.2 Å². The monoisotopic (exact) mass is 821 g/mol. The molecule has 14 heteroatoms. The van der Waals surface area contributed by atoms with E-state index in [1.54, 1.807) is 0 Å². The zero-order chi connectivity index (χ0) is 42.9. The van der Waals surface area contributed by atoms with Gasteiger partial charge in [-0.05, 0) is 72.9 Å². The van der Waals surface area contributed by atoms with Gasteiger partial charge in [-0.3, -0.25) is 14.6 Å². The number of nitrogens with zero attached hydrogens (tertiary/aromatic N) is 4. The van der Waals surface area contributed by atoms with Gasteiger partial charge in [0.15, 0.2) is 0 Å². The molecule has 1 aromatic heterocycles. The number of hydrogen-bond donors (Lipinski definition) is 3. The summed E-state index contributed by atoms with van der Waals surface area (Å²) in [6, 6.07) is 10.8. The summed E-state index contributed by atoms with van der Waals surface area (Å²) in [6.07, 6.45) is 7.90. The van der Waals surface area contributed by atoms with E-state index < -0.39 is 24.3 Å². The van der Waals surface area contributed by atoms with E-state index in [0.717, 1.165) is 95.1 Å². The lowest BCUT2D eigenvalue weighted by molar-refractivity contribution is -0.136. The number of ether oxygens (including phenoxy) is 3. The summed E-state index contributed by atoms with van der Waals surface area (Å²) in [5.74, 6) is 1.95. The third-order valence-corrected chi connectivity index (χ3v) is 13.2. The van der Waals surface area contributed by atoms with E-state index in [0.29, 0.717) is 19.5 Å². The number of methoxy groups -OCH3 is 2. The van der Waals surface area contributed by atoms with E-state index in [1.807, 2.05) is 62.0 Å². The molecule has 0 bridgehead atoms. The first-order valence-electron chi connectivity index (χ1n) is 21.4. The number of hydrogen-bond acceptors (Lipinski definition) is 9. The van der Waals surface area contributed by atoms with Gasteiger partial charge in [0.05, 0.1) is 38.2 Å². The molecule has 320 valence electrons. The summed E-state index contributed by atoms with van der Waals surface area (Å²) in [6.45, 7) is 13.6. The van der Waals surface area contributed by atoms with Crippen molar-refractivity contribution in [2.45, 2.75) is 116 Å². The summed E-state index contributed by atoms with van der Waals surface area (Å²) in [7, 11) is 2.61. The fourth-order valence-electron chi connectivity index (χ4n) is 9.13. The van der Waals surface area contributed by atoms with Gasteiger partial charge >= 0.3 is 12.2 Å². The highest BCUT2D eigenvalue weighted by Crippen LogP contribution is 2.50. The maximum absolute atomic E-state index is 13.8. The van der Waals surface area contributed by atoms with Crippen molar-refractivity contribution >= 4 is 35.3 Å². The molecule has 4 aliphatic rings. The number of carbonyl (C=O) groups is 4. The average Bonchev–Trinajstić information content (AvgIpc) is 4.10. The number of benzene rings is 2. The number of aromatic amines is 1. The Hall–Kier alpha value is -5.66. The normalized spacial score (nSPS) is 21.1. The maximum atomic E-state index is 13.8. The van der Waals surface area contributed by atoms with E-state index in [4.69, 9.17) is 24.2 Å². The van der Waals surface area contributed by atoms with Crippen molar-refractivity contribution in [1.29, 1.82) is 0 Å². The highest BCUT2D eigenvalue weighted by Gasteiger charge is 2.41. The average molecular weight is 822 g/mol. The first-order valence-corrected chi connectivity index (χ1v) is 21.4. The highest BCUT2D eigenvalue weighted by atomic mass is 16.5. The first kappa shape index (κ1) is 42.5. The fraction of sp³-hybridized carbons (Fsp3) is 0.522. The first-order chi connectivity index (χ1) is 28.8. The van der Waals surface area contributed by atoms with Crippen LogP contribution in [-0.2, 0) is 24.5 Å². The molecule has 7 rings (SSSR count). The van der Waals surface area contributed by atoms with Crippen LogP contribution in [0, 0.1) is 11.8 Å². The van der Waals surface area contributed by atoms with Crippen molar-refractivity contribution in [3.63, 3.8) is 0 Å². The van der Waals surface area contributed by atoms with Crippen LogP contribution in [0.4, 0.5) is 9.59 Å². The van der Waals surface area contributed by atoms with E-state index in [2.05, 4.69) is 53.7 Å². The van der Waals surface area contributed by atoms with Crippen LogP contribution >= 0.6 is 0 Å². The molecule has 0 radical (unpaired) electrons. The molecule has 3 aromatic rings. The smallest absolute Gasteiger partial charge is 0.407 e. The number of H-pyrrole nitrogens is 1. The standard InChI is InChI=1S/C46H59N7O7/c1-9-26(3)39(50-44(56)58-7)42(54)52-19-11-13-35(52)33-22-30(24-47-33)28-15-17-31-38(23-28)60-37-18-16-29(21-32(37)46(31,5)6)34-25-48-41(49-34)36-14-12-20-53(36)43(55)40(27(4)10-2)51-45(57)59-8/h15-18,21,23-27,35-36,39-40H,9-14,19-20,22H2,1-8H3,(H,48,49)(H,50,56)(H,51,57)/t26-,27-,35-,36-,39-,40-/m0/s1. The van der Waals surface area contributed by atoms with Gasteiger partial charge in [-0.1, -0.05) is 66.5 Å². The molecule has 4 aliphatic heterocycles. The van der Waals surface area contributed by atoms with E-state index >= 15 is 0 Å². The van der Waals surface area contributed by atoms with Gasteiger partial charge in [-0.15, -0.1) is 0 Å². The van der Waals surface area contributed by atoms with Crippen LogP contribution in [0.15, 0.2) is 53.8 Å². The molecule has 6 atom stereocenters. The van der Waals surface area contributed by atoms with Crippen LogP contribution < -0.4 is 15.4 Å². The Morgan fingerprint density at radius 1 is 0.833 bits per heavy atom. The molecule has 0 spiro atoms. The Balaban J connectivity index is 1.05. The largest absolute Gasteiger partial charge is 0.457 e. The molecule has 2 saturated heterocycles. The highest BCUT2D eigenvalue weighted by molar-refractivity contribution is 6.04. The lowest BCUT2D eigenvalue weighted by atomic mass is 9.75. The molecular formula is C46H59N7O7. The summed E-state index contributed by atoms with van der Waals surface area (Å²) in [5, 5.41) is 5.54. The molecule has 4 amide bonds. The molecule has 0 aliphatic carbocycles. The third-order valence-electron chi connectivity index (χ3n) is 13.2. The van der Waals surface area contributed by atoms with Crippen LogP contribution in [-0.4, -0.2) is 94.9 Å². The fourth-order valence-corrected chi connectivity index (χ4v) is 9.13. The summed E-state index contributed by atoms with van der Waals surface area (Å²) in [4.78, 5) is 68.8. The van der Waals surface area contributed by atoms with Gasteiger partial charge in [-0.25, -0.2) is 14.6 Å². The SMILES string of the molecule is CC[C@H](C)[C@H](NC(=O)OC)C(=O)N1CCC[C@H]1C1=NC=C(c2ccc3c(c2)Oc2ccc(-c4cnc([C@@H]5CCCN5C(=O)[C@@H](NC(=O)OC)[C@@H](C)CC)[nH]4)cc2C3(C)C)C1. The Kier molecular flexibility index (Phi) is 12.4. The molecule has 60 heavy (non-hydrogen) atoms. The van der Waals surface area contributed by atoms with Crippen LogP contribution in [0.25, 0.3) is 16.8 Å². The number of aromatic nitrogens is 2. The number of nitrogens with one attached hydrogen (secondary N) is 3. The number of aliphatic imine (C=N–C) groups is 1. The predicted molar refractivity (Wildman–Crippen MR) is 229 cm³/mol. The zero-order valence-electron chi connectivity index (χ0n) is 36.1. The van der Waals surface area contributed by atoms with Gasteiger partial charge in [0.25, 0.3) is 0 Å². The van der Waals surface area contributed by atoms with Gasteiger partial charge < -0.3 is 39.6 Å². The molecule has 0 saturated carbocycles. The van der Waals surface area contributed by atoms with Crippen LogP contribution in [0.1, 0.15) is 115 Å². The molecule has 2 fully saturated rings. The molecule has 14 nitrogen and oxygen atoms in total. The maximum Gasteiger partial charge on any atom is 0.407 e. The Morgan fingerprint density at radius 3 is 2.05 bits per heavy atom. The van der Waals surface area contributed by atoms with Crippen molar-refractivity contribution in [2.75, 3.05) is 27.3 Å². The predicted octanol–water partition coefficient (Wildman–Crippen LogP) is 7.89. The minimum atomic E-state index is -0.688. The van der Waals surface area contributed by atoms with Gasteiger partial charge in [0, 0.05) is 53.5 Å². The Labute approximate surface area is 352 Å². The molecule has 0 unspecified atom stereocenters. The topological polar surface area (TPSA) is 168 Å². The zero-order valence-corrected chi connectivity index (χ0v) is 36.1. The van der Waals surface area contributed by atoms with Gasteiger partial charge in [0.1, 0.15) is 29.4 Å². The minimum absolute atomic E-state index is 0.0499. The van der Waals surface area contributed by atoms with Crippen molar-refractivity contribution in [2.24, 2.45) is 16.8 Å². The van der Waals surface area contributed by atoms with Gasteiger partial charge in [0.2, 0.25) is 11.8 Å². The second-order valence-corrected chi connectivity index (χ2v) is 17.2. The molecule has 5 heterocycles. The van der Waals surface area contributed by atoms with Crippen molar-refractivity contribution in [3.05, 3.63) is 71.3 Å². The number of rotatable bonds is 12. The van der Waals surface area contributed by atoms with Crippen molar-refractivity contribution in [1.82, 2.24) is 30.4 Å². The van der Waals surface area contributed by atoms with Crippen LogP contribution in [0.5, 0.6) is 11.5 Å². The van der Waals surface area contributed by atoms with Gasteiger partial charge in [-0.2, -0.15) is 0 Å². The Morgan fingerprint density at radius 2 is 1.43 bits per heavy atom. The second-order valence-electron chi connectivity index (χ2n) is 17.2. The minimum Gasteiger partial charge on any atom is -0.457 e. The summed E-state index contributed by atoms with van der Waals surface area (Å²) >= 11 is 0. The quantitative estimate of drug-likeness (QED) is 0.166. The number of carbonyl (C=O) groups excluding carboxylic acids is 4. The van der Waals surface area contributed by atoms with Crippen molar-refractivity contribution < 1.29 is 33.4 Å². The third kappa shape index (κ3) is 8.12. The second kappa shape index (κ2) is 17.5. The summed E-state index contributed by atoms with van der Waals surface area (Å²) in [5.41, 5.74) is 6.58. The lowest BCUT2D eigenvalue weighted by Gasteiger charge is -2.35. The number of amides is 4. The van der Waals surface area contributed by atoms with Crippen LogP contribution in [0.2, 0.25) is 0 Å². The molecule has 3 N–H and O–H groups in total. The van der Waals surface area contributed by atoms with Crippen LogP contribution in [0.3, 0.4) is 0 Å². The van der Waals surface area contributed by atoms with Crippen molar-refractivity contribution in [3.8, 4) is 22.8 Å².